The van der Waals surface area contributed by atoms with Gasteiger partial charge in [-0.1, -0.05) is 37.3 Å². The molecular weight excluding hydrogens is 198 g/mol. The maximum Gasteiger partial charge on any atom is 0.106 e. The van der Waals surface area contributed by atoms with E-state index >= 15 is 0 Å². The lowest BCUT2D eigenvalue weighted by molar-refractivity contribution is 0.454. The van der Waals surface area contributed by atoms with Gasteiger partial charge in [-0.05, 0) is 17.7 Å². The summed E-state index contributed by atoms with van der Waals surface area (Å²) in [4.78, 5) is 0. The fourth-order valence-electron chi connectivity index (χ4n) is 1.76. The summed E-state index contributed by atoms with van der Waals surface area (Å²) in [5, 5.41) is 0. The highest BCUT2D eigenvalue weighted by atomic mass is 16.3. The molecule has 84 valence electrons. The van der Waals surface area contributed by atoms with Crippen LogP contribution in [0.15, 0.2) is 46.9 Å². The number of hydrogen-bond donors (Lipinski definition) is 1. The van der Waals surface area contributed by atoms with Gasteiger partial charge in [0, 0.05) is 18.9 Å². The van der Waals surface area contributed by atoms with Gasteiger partial charge >= 0.3 is 0 Å². The molecule has 1 atom stereocenters. The maximum atomic E-state index is 6.12. The Balaban J connectivity index is 2.05. The predicted octanol–water partition coefficient (Wildman–Crippen LogP) is 3.08. The van der Waals surface area contributed by atoms with E-state index in [0.717, 1.165) is 29.9 Å². The molecule has 2 N–H and O–H groups in total. The fraction of sp³-hybridized carbons (Fsp3) is 0.286. The molecule has 1 unspecified atom stereocenters. The molecule has 16 heavy (non-hydrogen) atoms. The third-order valence-corrected chi connectivity index (χ3v) is 2.71. The quantitative estimate of drug-likeness (QED) is 0.851. The van der Waals surface area contributed by atoms with Crippen LogP contribution in [-0.4, -0.2) is 0 Å². The summed E-state index contributed by atoms with van der Waals surface area (Å²) in [6.45, 7) is 2.08. The number of rotatable bonds is 4. The molecule has 0 aliphatic carbocycles. The molecule has 0 fully saturated rings. The molecule has 2 aromatic rings. The zero-order chi connectivity index (χ0) is 11.4. The smallest absolute Gasteiger partial charge is 0.106 e. The topological polar surface area (TPSA) is 39.2 Å². The van der Waals surface area contributed by atoms with Crippen LogP contribution in [0.3, 0.4) is 0 Å². The van der Waals surface area contributed by atoms with Crippen LogP contribution in [0.1, 0.15) is 30.0 Å². The van der Waals surface area contributed by atoms with Crippen molar-refractivity contribution in [3.05, 3.63) is 59.5 Å². The molecule has 1 aromatic carbocycles. The highest BCUT2D eigenvalue weighted by Gasteiger charge is 2.09. The molecule has 0 spiro atoms. The Morgan fingerprint density at radius 2 is 1.75 bits per heavy atom. The summed E-state index contributed by atoms with van der Waals surface area (Å²) in [5.41, 5.74) is 7.27. The van der Waals surface area contributed by atoms with Gasteiger partial charge in [0.1, 0.15) is 11.5 Å². The number of aryl methyl sites for hydroxylation is 1. The van der Waals surface area contributed by atoms with Crippen LogP contribution in [-0.2, 0) is 12.8 Å². The van der Waals surface area contributed by atoms with E-state index < -0.39 is 0 Å². The lowest BCUT2D eigenvalue weighted by Gasteiger charge is -2.09. The first-order valence-corrected chi connectivity index (χ1v) is 5.67. The van der Waals surface area contributed by atoms with E-state index in [2.05, 4.69) is 6.92 Å². The van der Waals surface area contributed by atoms with Crippen molar-refractivity contribution in [1.29, 1.82) is 0 Å². The van der Waals surface area contributed by atoms with Gasteiger partial charge in [-0.2, -0.15) is 0 Å². The Labute approximate surface area is 96.1 Å². The van der Waals surface area contributed by atoms with Gasteiger partial charge in [0.25, 0.3) is 0 Å². The first kappa shape index (κ1) is 11.0. The van der Waals surface area contributed by atoms with Gasteiger partial charge in [0.05, 0.1) is 0 Å². The van der Waals surface area contributed by atoms with Crippen LogP contribution in [0.4, 0.5) is 0 Å². The summed E-state index contributed by atoms with van der Waals surface area (Å²) < 4.78 is 5.64. The lowest BCUT2D eigenvalue weighted by Crippen LogP contribution is -2.12. The molecular formula is C14H17NO. The summed E-state index contributed by atoms with van der Waals surface area (Å²) >= 11 is 0. The molecule has 0 radical (unpaired) electrons. The molecule has 2 rings (SSSR count). The fourth-order valence-corrected chi connectivity index (χ4v) is 1.76. The minimum absolute atomic E-state index is 0.0112. The normalized spacial score (nSPS) is 12.6. The van der Waals surface area contributed by atoms with Crippen molar-refractivity contribution in [1.82, 2.24) is 0 Å². The third kappa shape index (κ3) is 2.52. The molecule has 1 heterocycles. The zero-order valence-corrected chi connectivity index (χ0v) is 9.52. The van der Waals surface area contributed by atoms with E-state index in [1.54, 1.807) is 0 Å². The highest BCUT2D eigenvalue weighted by molar-refractivity contribution is 5.20. The molecule has 1 aromatic heterocycles. The highest BCUT2D eigenvalue weighted by Crippen LogP contribution is 2.17. The van der Waals surface area contributed by atoms with Crippen molar-refractivity contribution in [2.75, 3.05) is 0 Å². The number of furan rings is 1. The largest absolute Gasteiger partial charge is 0.466 e. The van der Waals surface area contributed by atoms with E-state index in [0.29, 0.717) is 0 Å². The second-order valence-electron chi connectivity index (χ2n) is 3.94. The van der Waals surface area contributed by atoms with E-state index in [-0.39, 0.29) is 6.04 Å². The van der Waals surface area contributed by atoms with Crippen LogP contribution in [0.2, 0.25) is 0 Å². The van der Waals surface area contributed by atoms with Crippen molar-refractivity contribution in [3.8, 4) is 0 Å². The van der Waals surface area contributed by atoms with Gasteiger partial charge in [-0.3, -0.25) is 0 Å². The minimum atomic E-state index is 0.0112. The number of nitrogens with two attached hydrogens (primary N) is 1. The third-order valence-electron chi connectivity index (χ3n) is 2.71. The molecule has 0 aliphatic rings. The van der Waals surface area contributed by atoms with E-state index in [9.17, 15) is 0 Å². The Hall–Kier alpha value is -1.54. The Morgan fingerprint density at radius 3 is 2.38 bits per heavy atom. The molecule has 0 saturated heterocycles. The second kappa shape index (κ2) is 4.99. The Kier molecular flexibility index (Phi) is 3.42. The molecule has 0 aliphatic heterocycles. The Bertz CT molecular complexity index is 433. The number of hydrogen-bond acceptors (Lipinski definition) is 2. The standard InChI is InChI=1S/C14H17NO/c1-2-12-8-9-13(16-12)10-14(15)11-6-4-3-5-7-11/h3-9,14H,2,10,15H2,1H3. The van der Waals surface area contributed by atoms with E-state index in [1.807, 2.05) is 42.5 Å². The monoisotopic (exact) mass is 215 g/mol. The molecule has 2 heteroatoms. The van der Waals surface area contributed by atoms with Gasteiger partial charge in [0.15, 0.2) is 0 Å². The lowest BCUT2D eigenvalue weighted by atomic mass is 10.0. The summed E-state index contributed by atoms with van der Waals surface area (Å²) in [6, 6.07) is 14.2. The average Bonchev–Trinajstić information content (AvgIpc) is 2.78. The zero-order valence-electron chi connectivity index (χ0n) is 9.52. The van der Waals surface area contributed by atoms with Crippen molar-refractivity contribution in [2.45, 2.75) is 25.8 Å². The van der Waals surface area contributed by atoms with Crippen LogP contribution in [0.5, 0.6) is 0 Å². The molecule has 0 saturated carbocycles. The summed E-state index contributed by atoms with van der Waals surface area (Å²) in [5.74, 6) is 1.99. The predicted molar refractivity (Wildman–Crippen MR) is 65.2 cm³/mol. The maximum absolute atomic E-state index is 6.12. The van der Waals surface area contributed by atoms with E-state index in [1.165, 1.54) is 0 Å². The minimum Gasteiger partial charge on any atom is -0.466 e. The van der Waals surface area contributed by atoms with Crippen LogP contribution < -0.4 is 5.73 Å². The number of benzene rings is 1. The average molecular weight is 215 g/mol. The SMILES string of the molecule is CCc1ccc(CC(N)c2ccccc2)o1. The van der Waals surface area contributed by atoms with Crippen molar-refractivity contribution in [3.63, 3.8) is 0 Å². The van der Waals surface area contributed by atoms with Gasteiger partial charge in [0.2, 0.25) is 0 Å². The first-order valence-electron chi connectivity index (χ1n) is 5.67. The van der Waals surface area contributed by atoms with Crippen molar-refractivity contribution in [2.24, 2.45) is 5.73 Å². The first-order chi connectivity index (χ1) is 7.79. The van der Waals surface area contributed by atoms with Crippen molar-refractivity contribution < 1.29 is 4.42 Å². The van der Waals surface area contributed by atoms with Crippen LogP contribution >= 0.6 is 0 Å². The molecule has 0 bridgehead atoms. The summed E-state index contributed by atoms with van der Waals surface area (Å²) in [6.07, 6.45) is 1.69. The molecule has 2 nitrogen and oxygen atoms in total. The van der Waals surface area contributed by atoms with Crippen LogP contribution in [0.25, 0.3) is 0 Å². The van der Waals surface area contributed by atoms with E-state index in [4.69, 9.17) is 10.2 Å². The van der Waals surface area contributed by atoms with Gasteiger partial charge in [-0.15, -0.1) is 0 Å². The van der Waals surface area contributed by atoms with Crippen molar-refractivity contribution >= 4 is 0 Å². The van der Waals surface area contributed by atoms with Gasteiger partial charge in [-0.25, -0.2) is 0 Å². The van der Waals surface area contributed by atoms with Crippen LogP contribution in [0, 0.1) is 0 Å². The Morgan fingerprint density at radius 1 is 1.06 bits per heavy atom. The summed E-state index contributed by atoms with van der Waals surface area (Å²) in [7, 11) is 0. The van der Waals surface area contributed by atoms with Gasteiger partial charge < -0.3 is 10.2 Å². The second-order valence-corrected chi connectivity index (χ2v) is 3.94. The molecule has 0 amide bonds.